The van der Waals surface area contributed by atoms with E-state index in [2.05, 4.69) is 10.6 Å². The maximum absolute atomic E-state index is 12.0. The molecule has 6 nitrogen and oxygen atoms in total. The fourth-order valence-electron chi connectivity index (χ4n) is 2.58. The van der Waals surface area contributed by atoms with E-state index in [1.54, 1.807) is 12.1 Å². The summed E-state index contributed by atoms with van der Waals surface area (Å²) in [6, 6.07) is 4.47. The summed E-state index contributed by atoms with van der Waals surface area (Å²) in [6.45, 7) is 8.07. The fraction of sp³-hybridized carbons (Fsp3) is 0.611. The van der Waals surface area contributed by atoms with Crippen molar-refractivity contribution in [3.8, 4) is 11.5 Å². The van der Waals surface area contributed by atoms with Gasteiger partial charge in [0.1, 0.15) is 17.1 Å². The second-order valence-corrected chi connectivity index (χ2v) is 7.50. The molecule has 1 amide bonds. The summed E-state index contributed by atoms with van der Waals surface area (Å²) in [6.07, 6.45) is 1.80. The Morgan fingerprint density at radius 3 is 2.33 bits per heavy atom. The van der Waals surface area contributed by atoms with Crippen molar-refractivity contribution in [3.63, 3.8) is 0 Å². The first kappa shape index (κ1) is 18.4. The first-order chi connectivity index (χ1) is 11.1. The Balaban J connectivity index is 1.90. The summed E-state index contributed by atoms with van der Waals surface area (Å²) >= 11 is 0. The lowest BCUT2D eigenvalue weighted by Crippen LogP contribution is -2.46. The van der Waals surface area contributed by atoms with Gasteiger partial charge in [-0.25, -0.2) is 4.79 Å². The van der Waals surface area contributed by atoms with Gasteiger partial charge in [-0.05, 0) is 64.2 Å². The Morgan fingerprint density at radius 1 is 1.25 bits per heavy atom. The Morgan fingerprint density at radius 2 is 1.83 bits per heavy atom. The molecular weight excluding hydrogens is 308 g/mol. The maximum Gasteiger partial charge on any atom is 0.407 e. The molecule has 1 aromatic rings. The summed E-state index contributed by atoms with van der Waals surface area (Å²) in [7, 11) is 0. The van der Waals surface area contributed by atoms with Gasteiger partial charge < -0.3 is 25.6 Å². The van der Waals surface area contributed by atoms with Crippen molar-refractivity contribution >= 4 is 6.09 Å². The zero-order chi connectivity index (χ0) is 17.9. The number of carbonyl (C=O) groups excluding carboxylic acids is 1. The largest absolute Gasteiger partial charge is 0.508 e. The lowest BCUT2D eigenvalue weighted by atomic mass is 10.1. The SMILES string of the molecule is CC(NCC(NC(=O)OC(C)(C)C)C1CC1)c1cc(O)cc(O)c1. The third kappa shape index (κ3) is 5.92. The van der Waals surface area contributed by atoms with Crippen LogP contribution >= 0.6 is 0 Å². The van der Waals surface area contributed by atoms with Crippen molar-refractivity contribution in [2.75, 3.05) is 6.54 Å². The zero-order valence-corrected chi connectivity index (χ0v) is 14.8. The molecule has 134 valence electrons. The zero-order valence-electron chi connectivity index (χ0n) is 14.8. The lowest BCUT2D eigenvalue weighted by molar-refractivity contribution is 0.0497. The van der Waals surface area contributed by atoms with Crippen LogP contribution in [0.15, 0.2) is 18.2 Å². The van der Waals surface area contributed by atoms with Gasteiger partial charge in [-0.2, -0.15) is 0 Å². The number of hydrogen-bond acceptors (Lipinski definition) is 5. The van der Waals surface area contributed by atoms with E-state index in [1.165, 1.54) is 6.07 Å². The second-order valence-electron chi connectivity index (χ2n) is 7.50. The normalized spacial score (nSPS) is 17.2. The monoisotopic (exact) mass is 336 g/mol. The molecule has 0 saturated heterocycles. The highest BCUT2D eigenvalue weighted by Crippen LogP contribution is 2.33. The van der Waals surface area contributed by atoms with E-state index in [0.717, 1.165) is 18.4 Å². The van der Waals surface area contributed by atoms with Gasteiger partial charge >= 0.3 is 6.09 Å². The molecule has 0 spiro atoms. The number of aromatic hydroxyl groups is 2. The van der Waals surface area contributed by atoms with Crippen LogP contribution in [0.5, 0.6) is 11.5 Å². The third-order valence-corrected chi connectivity index (χ3v) is 3.96. The van der Waals surface area contributed by atoms with Crippen LogP contribution in [0.2, 0.25) is 0 Å². The van der Waals surface area contributed by atoms with Crippen molar-refractivity contribution < 1.29 is 19.7 Å². The van der Waals surface area contributed by atoms with Crippen LogP contribution in [-0.4, -0.2) is 34.5 Å². The van der Waals surface area contributed by atoms with E-state index in [9.17, 15) is 15.0 Å². The molecule has 1 aromatic carbocycles. The number of alkyl carbamates (subject to hydrolysis) is 1. The van der Waals surface area contributed by atoms with E-state index in [1.807, 2.05) is 27.7 Å². The summed E-state index contributed by atoms with van der Waals surface area (Å²) < 4.78 is 5.33. The maximum atomic E-state index is 12.0. The molecule has 0 aromatic heterocycles. The lowest BCUT2D eigenvalue weighted by Gasteiger charge is -2.25. The highest BCUT2D eigenvalue weighted by Gasteiger charge is 2.33. The van der Waals surface area contributed by atoms with Crippen molar-refractivity contribution in [3.05, 3.63) is 23.8 Å². The number of benzene rings is 1. The summed E-state index contributed by atoms with van der Waals surface area (Å²) in [5, 5.41) is 25.5. The number of nitrogens with one attached hydrogen (secondary N) is 2. The Bertz CT molecular complexity index is 559. The van der Waals surface area contributed by atoms with E-state index in [4.69, 9.17) is 4.74 Å². The molecular formula is C18H28N2O4. The van der Waals surface area contributed by atoms with Crippen LogP contribution in [0, 0.1) is 5.92 Å². The van der Waals surface area contributed by atoms with E-state index in [-0.39, 0.29) is 23.6 Å². The molecule has 0 bridgehead atoms. The topological polar surface area (TPSA) is 90.8 Å². The van der Waals surface area contributed by atoms with Gasteiger partial charge in [-0.1, -0.05) is 0 Å². The number of ether oxygens (including phenoxy) is 1. The van der Waals surface area contributed by atoms with Crippen LogP contribution in [0.3, 0.4) is 0 Å². The molecule has 1 fully saturated rings. The molecule has 1 aliphatic rings. The molecule has 0 heterocycles. The number of phenols is 2. The first-order valence-corrected chi connectivity index (χ1v) is 8.40. The number of phenolic OH excluding ortho intramolecular Hbond substituents is 2. The van der Waals surface area contributed by atoms with Gasteiger partial charge in [0.05, 0.1) is 0 Å². The van der Waals surface area contributed by atoms with Crippen LogP contribution in [-0.2, 0) is 4.74 Å². The highest BCUT2D eigenvalue weighted by atomic mass is 16.6. The van der Waals surface area contributed by atoms with Gasteiger partial charge in [-0.3, -0.25) is 0 Å². The second kappa shape index (κ2) is 7.30. The van der Waals surface area contributed by atoms with Crippen molar-refractivity contribution in [2.24, 2.45) is 5.92 Å². The summed E-state index contributed by atoms with van der Waals surface area (Å²) in [4.78, 5) is 12.0. The standard InChI is InChI=1S/C18H28N2O4/c1-11(13-7-14(21)9-15(22)8-13)19-10-16(12-5-6-12)20-17(23)24-18(2,3)4/h7-9,11-12,16,19,21-22H,5-6,10H2,1-4H3,(H,20,23). The molecule has 2 rings (SSSR count). The van der Waals surface area contributed by atoms with E-state index < -0.39 is 11.7 Å². The van der Waals surface area contributed by atoms with Crippen LogP contribution in [0.1, 0.15) is 52.1 Å². The van der Waals surface area contributed by atoms with Crippen molar-refractivity contribution in [2.45, 2.75) is 58.2 Å². The van der Waals surface area contributed by atoms with Gasteiger partial charge in [0.2, 0.25) is 0 Å². The van der Waals surface area contributed by atoms with Gasteiger partial charge in [-0.15, -0.1) is 0 Å². The predicted octanol–water partition coefficient (Wildman–Crippen LogP) is 3.05. The molecule has 6 heteroatoms. The van der Waals surface area contributed by atoms with E-state index in [0.29, 0.717) is 12.5 Å². The Labute approximate surface area is 143 Å². The van der Waals surface area contributed by atoms with Crippen LogP contribution in [0.25, 0.3) is 0 Å². The van der Waals surface area contributed by atoms with Gasteiger partial charge in [0, 0.05) is 24.7 Å². The first-order valence-electron chi connectivity index (χ1n) is 8.40. The molecule has 1 aliphatic carbocycles. The van der Waals surface area contributed by atoms with Crippen molar-refractivity contribution in [1.29, 1.82) is 0 Å². The third-order valence-electron chi connectivity index (χ3n) is 3.96. The quantitative estimate of drug-likeness (QED) is 0.641. The number of hydrogen-bond donors (Lipinski definition) is 4. The molecule has 0 radical (unpaired) electrons. The molecule has 4 N–H and O–H groups in total. The molecule has 2 atom stereocenters. The molecule has 0 aliphatic heterocycles. The minimum absolute atomic E-state index is 0.00760. The Kier molecular flexibility index (Phi) is 5.59. The van der Waals surface area contributed by atoms with Gasteiger partial charge in [0.15, 0.2) is 0 Å². The minimum Gasteiger partial charge on any atom is -0.508 e. The highest BCUT2D eigenvalue weighted by molar-refractivity contribution is 5.68. The molecule has 24 heavy (non-hydrogen) atoms. The number of rotatable bonds is 6. The molecule has 1 saturated carbocycles. The predicted molar refractivity (Wildman–Crippen MR) is 92.1 cm³/mol. The molecule has 2 unspecified atom stereocenters. The number of amides is 1. The van der Waals surface area contributed by atoms with E-state index >= 15 is 0 Å². The summed E-state index contributed by atoms with van der Waals surface area (Å²) in [5.74, 6) is 0.531. The average molecular weight is 336 g/mol. The number of carbonyl (C=O) groups is 1. The van der Waals surface area contributed by atoms with Crippen LogP contribution in [0.4, 0.5) is 4.79 Å². The fourth-order valence-corrected chi connectivity index (χ4v) is 2.58. The smallest absolute Gasteiger partial charge is 0.407 e. The average Bonchev–Trinajstić information content (AvgIpc) is 3.24. The minimum atomic E-state index is -0.516. The Hall–Kier alpha value is -1.95. The van der Waals surface area contributed by atoms with Crippen LogP contribution < -0.4 is 10.6 Å². The van der Waals surface area contributed by atoms with Gasteiger partial charge in [0.25, 0.3) is 0 Å². The summed E-state index contributed by atoms with van der Waals surface area (Å²) in [5.41, 5.74) is 0.275. The van der Waals surface area contributed by atoms with Crippen molar-refractivity contribution in [1.82, 2.24) is 10.6 Å².